The number of phenolic OH excluding ortho intramolecular Hbond substituents is 2. The van der Waals surface area contributed by atoms with Crippen LogP contribution in [-0.4, -0.2) is 18.6 Å². The lowest BCUT2D eigenvalue weighted by Crippen LogP contribution is -2.13. The molecule has 0 aliphatic carbocycles. The summed E-state index contributed by atoms with van der Waals surface area (Å²) in [6, 6.07) is 19.3. The number of hydrogen-bond donors (Lipinski definition) is 3. The highest BCUT2D eigenvalue weighted by atomic mass is 32.2. The van der Waals surface area contributed by atoms with E-state index in [1.807, 2.05) is 24.3 Å². The van der Waals surface area contributed by atoms with Gasteiger partial charge in [-0.3, -0.25) is 4.72 Å². The van der Waals surface area contributed by atoms with Crippen molar-refractivity contribution in [3.8, 4) is 22.6 Å². The van der Waals surface area contributed by atoms with Crippen LogP contribution in [0, 0.1) is 0 Å². The van der Waals surface area contributed by atoms with E-state index in [0.29, 0.717) is 27.6 Å². The zero-order valence-corrected chi connectivity index (χ0v) is 16.5. The molecule has 0 atom stereocenters. The van der Waals surface area contributed by atoms with Crippen molar-refractivity contribution < 1.29 is 18.6 Å². The second-order valence-corrected chi connectivity index (χ2v) is 8.76. The van der Waals surface area contributed by atoms with E-state index < -0.39 is 10.0 Å². The molecule has 5 nitrogen and oxygen atoms in total. The lowest BCUT2D eigenvalue weighted by molar-refractivity contribution is 0.472. The molecule has 4 rings (SSSR count). The van der Waals surface area contributed by atoms with Gasteiger partial charge in [-0.2, -0.15) is 0 Å². The molecule has 3 N–H and O–H groups in total. The number of anilines is 1. The minimum atomic E-state index is -3.80. The Bertz CT molecular complexity index is 1390. The van der Waals surface area contributed by atoms with E-state index in [1.165, 1.54) is 6.92 Å². The normalized spacial score (nSPS) is 11.6. The molecule has 0 amide bonds. The van der Waals surface area contributed by atoms with E-state index in [9.17, 15) is 18.6 Å². The van der Waals surface area contributed by atoms with Gasteiger partial charge in [0.15, 0.2) is 0 Å². The molecule has 0 unspecified atom stereocenters. The molecular weight excluding hydrogens is 386 g/mol. The maximum atomic E-state index is 12.4. The number of hydrogen-bond acceptors (Lipinski definition) is 4. The van der Waals surface area contributed by atoms with Gasteiger partial charge in [0.2, 0.25) is 0 Å². The predicted octanol–water partition coefficient (Wildman–Crippen LogP) is 5.35. The summed E-state index contributed by atoms with van der Waals surface area (Å²) in [7, 11) is -3.80. The van der Waals surface area contributed by atoms with Crippen molar-refractivity contribution in [2.24, 2.45) is 0 Å². The first-order chi connectivity index (χ1) is 13.8. The fraction of sp³-hybridized carbons (Fsp3) is 0.0435. The first kappa shape index (κ1) is 18.8. The number of sulfonamides is 1. The van der Waals surface area contributed by atoms with Crippen LogP contribution in [0.4, 0.5) is 5.69 Å². The first-order valence-corrected chi connectivity index (χ1v) is 10.4. The minimum Gasteiger partial charge on any atom is -0.507 e. The SMILES string of the molecule is C=C(C)S(=O)(=O)Nc1cc(-c2c(O)ccc3ccccc23)c(O)c2ccccc12. The van der Waals surface area contributed by atoms with Crippen LogP contribution < -0.4 is 4.72 Å². The van der Waals surface area contributed by atoms with Crippen LogP contribution in [0.25, 0.3) is 32.7 Å². The Labute approximate surface area is 168 Å². The van der Waals surface area contributed by atoms with E-state index >= 15 is 0 Å². The first-order valence-electron chi connectivity index (χ1n) is 8.94. The van der Waals surface area contributed by atoms with Crippen molar-refractivity contribution in [2.45, 2.75) is 6.92 Å². The molecule has 0 fully saturated rings. The second-order valence-electron chi connectivity index (χ2n) is 6.85. The van der Waals surface area contributed by atoms with Gasteiger partial charge >= 0.3 is 0 Å². The van der Waals surface area contributed by atoms with Gasteiger partial charge in [-0.15, -0.1) is 0 Å². The topological polar surface area (TPSA) is 86.6 Å². The second kappa shape index (κ2) is 6.83. The van der Waals surface area contributed by atoms with Crippen LogP contribution >= 0.6 is 0 Å². The molecule has 0 heterocycles. The molecule has 6 heteroatoms. The molecule has 0 aliphatic heterocycles. The number of rotatable bonds is 4. The highest BCUT2D eigenvalue weighted by Gasteiger charge is 2.20. The van der Waals surface area contributed by atoms with Crippen molar-refractivity contribution in [3.05, 3.63) is 78.2 Å². The van der Waals surface area contributed by atoms with Gasteiger partial charge in [-0.25, -0.2) is 8.42 Å². The number of nitrogens with one attached hydrogen (secondary N) is 1. The van der Waals surface area contributed by atoms with Gasteiger partial charge in [-0.05, 0) is 29.8 Å². The highest BCUT2D eigenvalue weighted by molar-refractivity contribution is 7.96. The zero-order valence-electron chi connectivity index (χ0n) is 15.7. The fourth-order valence-electron chi connectivity index (χ4n) is 3.41. The predicted molar refractivity (Wildman–Crippen MR) is 118 cm³/mol. The molecule has 146 valence electrons. The smallest absolute Gasteiger partial charge is 0.257 e. The highest BCUT2D eigenvalue weighted by Crippen LogP contribution is 2.46. The van der Waals surface area contributed by atoms with Crippen molar-refractivity contribution in [1.29, 1.82) is 0 Å². The third-order valence-electron chi connectivity index (χ3n) is 4.90. The summed E-state index contributed by atoms with van der Waals surface area (Å²) in [6.07, 6.45) is 0. The molecule has 0 bridgehead atoms. The average molecular weight is 405 g/mol. The van der Waals surface area contributed by atoms with Crippen LogP contribution in [0.2, 0.25) is 0 Å². The number of fused-ring (bicyclic) bond motifs is 2. The standard InChI is InChI=1S/C23H19NO4S/c1-14(2)29(27,28)24-20-13-19(23(26)18-10-6-5-9-17(18)20)22-16-8-4-3-7-15(16)11-12-21(22)25/h3-13,24-26H,1H2,2H3. The Hall–Kier alpha value is -3.51. The van der Waals surface area contributed by atoms with E-state index in [0.717, 1.165) is 10.8 Å². The summed E-state index contributed by atoms with van der Waals surface area (Å²) < 4.78 is 27.4. The number of allylic oxidation sites excluding steroid dienone is 1. The largest absolute Gasteiger partial charge is 0.507 e. The maximum absolute atomic E-state index is 12.4. The third kappa shape index (κ3) is 3.17. The van der Waals surface area contributed by atoms with Gasteiger partial charge in [0.1, 0.15) is 11.5 Å². The van der Waals surface area contributed by atoms with E-state index in [4.69, 9.17) is 0 Å². The molecule has 4 aromatic rings. The number of benzene rings is 4. The van der Waals surface area contributed by atoms with Gasteiger partial charge in [0.25, 0.3) is 10.0 Å². The lowest BCUT2D eigenvalue weighted by Gasteiger charge is -2.17. The van der Waals surface area contributed by atoms with Crippen molar-refractivity contribution in [1.82, 2.24) is 0 Å². The Morgan fingerprint density at radius 3 is 2.21 bits per heavy atom. The molecule has 0 radical (unpaired) electrons. The molecule has 0 saturated heterocycles. The molecule has 29 heavy (non-hydrogen) atoms. The Morgan fingerprint density at radius 1 is 0.897 bits per heavy atom. The molecule has 0 spiro atoms. The van der Waals surface area contributed by atoms with Crippen molar-refractivity contribution in [3.63, 3.8) is 0 Å². The summed E-state index contributed by atoms with van der Waals surface area (Å²) in [4.78, 5) is -0.0239. The monoisotopic (exact) mass is 405 g/mol. The van der Waals surface area contributed by atoms with Gasteiger partial charge in [0.05, 0.1) is 10.6 Å². The molecule has 4 aromatic carbocycles. The van der Waals surface area contributed by atoms with Crippen LogP contribution in [0.1, 0.15) is 6.92 Å². The number of phenols is 2. The zero-order chi connectivity index (χ0) is 20.8. The minimum absolute atomic E-state index is 0.0111. The molecule has 0 saturated carbocycles. The van der Waals surface area contributed by atoms with Crippen LogP contribution in [-0.2, 0) is 10.0 Å². The van der Waals surface area contributed by atoms with Crippen LogP contribution in [0.3, 0.4) is 0 Å². The quantitative estimate of drug-likeness (QED) is 0.400. The van der Waals surface area contributed by atoms with Crippen LogP contribution in [0.15, 0.2) is 78.2 Å². The summed E-state index contributed by atoms with van der Waals surface area (Å²) in [5.74, 6) is -0.0477. The van der Waals surface area contributed by atoms with Crippen LogP contribution in [0.5, 0.6) is 11.5 Å². The van der Waals surface area contributed by atoms with E-state index in [2.05, 4.69) is 11.3 Å². The average Bonchev–Trinajstić information content (AvgIpc) is 2.70. The summed E-state index contributed by atoms with van der Waals surface area (Å²) in [6.45, 7) is 4.92. The summed E-state index contributed by atoms with van der Waals surface area (Å²) in [5.41, 5.74) is 1.06. The Balaban J connectivity index is 2.09. The van der Waals surface area contributed by atoms with Crippen molar-refractivity contribution in [2.75, 3.05) is 4.72 Å². The Kier molecular flexibility index (Phi) is 4.43. The van der Waals surface area contributed by atoms with E-state index in [-0.39, 0.29) is 16.4 Å². The van der Waals surface area contributed by atoms with E-state index in [1.54, 1.807) is 42.5 Å². The third-order valence-corrected chi connectivity index (χ3v) is 6.30. The summed E-state index contributed by atoms with van der Waals surface area (Å²) >= 11 is 0. The molecular formula is C23H19NO4S. The van der Waals surface area contributed by atoms with Gasteiger partial charge in [0, 0.05) is 21.9 Å². The van der Waals surface area contributed by atoms with Crippen molar-refractivity contribution >= 4 is 37.3 Å². The molecule has 0 aliphatic rings. The molecule has 0 aromatic heterocycles. The van der Waals surface area contributed by atoms with Gasteiger partial charge < -0.3 is 10.2 Å². The maximum Gasteiger partial charge on any atom is 0.257 e. The van der Waals surface area contributed by atoms with Gasteiger partial charge in [-0.1, -0.05) is 61.2 Å². The number of aromatic hydroxyl groups is 2. The lowest BCUT2D eigenvalue weighted by atomic mass is 9.93. The summed E-state index contributed by atoms with van der Waals surface area (Å²) in [5, 5.41) is 24.3. The Morgan fingerprint density at radius 2 is 1.52 bits per heavy atom. The fourth-order valence-corrected chi connectivity index (χ4v) is 4.04.